The van der Waals surface area contributed by atoms with Gasteiger partial charge in [0.25, 0.3) is 0 Å². The van der Waals surface area contributed by atoms with E-state index in [9.17, 15) is 9.59 Å². The van der Waals surface area contributed by atoms with Crippen molar-refractivity contribution in [3.05, 3.63) is 104 Å². The third-order valence-electron chi connectivity index (χ3n) is 8.45. The van der Waals surface area contributed by atoms with Gasteiger partial charge in [-0.15, -0.1) is 0 Å². The summed E-state index contributed by atoms with van der Waals surface area (Å²) in [5, 5.41) is 13.9. The average Bonchev–Trinajstić information content (AvgIpc) is 2.93. The second-order valence-corrected chi connectivity index (χ2v) is 10.1. The molecule has 0 aliphatic carbocycles. The number of hydrogen-bond donors (Lipinski definition) is 0. The SMILES string of the molecule is CCc1cc2c3ccccc3c(=O)c3cc4c(CC)cc5c6ccccc6c(=O)c6cc1c(c32)c4c65. The summed E-state index contributed by atoms with van der Waals surface area (Å²) in [7, 11) is 0. The maximum absolute atomic E-state index is 13.9. The van der Waals surface area contributed by atoms with Gasteiger partial charge in [0.05, 0.1) is 0 Å². The second kappa shape index (κ2) is 6.67. The van der Waals surface area contributed by atoms with E-state index in [1.807, 2.05) is 36.4 Å². The number of rotatable bonds is 2. The molecule has 8 aromatic carbocycles. The molecule has 0 aliphatic heterocycles. The Bertz CT molecular complexity index is 2140. The van der Waals surface area contributed by atoms with Gasteiger partial charge in [-0.05, 0) is 91.3 Å². The Balaban J connectivity index is 1.84. The van der Waals surface area contributed by atoms with Crippen LogP contribution in [0.5, 0.6) is 0 Å². The molecule has 36 heavy (non-hydrogen) atoms. The van der Waals surface area contributed by atoms with Crippen LogP contribution in [-0.2, 0) is 12.8 Å². The monoisotopic (exact) mass is 462 g/mol. The zero-order valence-electron chi connectivity index (χ0n) is 20.2. The van der Waals surface area contributed by atoms with Crippen molar-refractivity contribution in [2.45, 2.75) is 26.7 Å². The van der Waals surface area contributed by atoms with Crippen molar-refractivity contribution >= 4 is 75.4 Å². The molecule has 0 saturated carbocycles. The van der Waals surface area contributed by atoms with Gasteiger partial charge in [-0.1, -0.05) is 62.4 Å². The first-order chi connectivity index (χ1) is 17.6. The highest BCUT2D eigenvalue weighted by Gasteiger charge is 2.24. The Kier molecular flexibility index (Phi) is 3.70. The summed E-state index contributed by atoms with van der Waals surface area (Å²) in [6.07, 6.45) is 1.70. The van der Waals surface area contributed by atoms with Crippen LogP contribution in [0.25, 0.3) is 75.4 Å². The van der Waals surface area contributed by atoms with Gasteiger partial charge in [-0.25, -0.2) is 0 Å². The van der Waals surface area contributed by atoms with Crippen molar-refractivity contribution < 1.29 is 0 Å². The van der Waals surface area contributed by atoms with Crippen LogP contribution in [0.3, 0.4) is 0 Å². The third-order valence-corrected chi connectivity index (χ3v) is 8.45. The minimum Gasteiger partial charge on any atom is -0.289 e. The zero-order chi connectivity index (χ0) is 24.3. The van der Waals surface area contributed by atoms with Gasteiger partial charge < -0.3 is 0 Å². The van der Waals surface area contributed by atoms with E-state index in [4.69, 9.17) is 0 Å². The van der Waals surface area contributed by atoms with Crippen molar-refractivity contribution in [1.29, 1.82) is 0 Å². The molecule has 2 heteroatoms. The van der Waals surface area contributed by atoms with Crippen LogP contribution in [-0.4, -0.2) is 0 Å². The van der Waals surface area contributed by atoms with E-state index in [1.165, 1.54) is 11.1 Å². The molecule has 0 spiro atoms. The predicted octanol–water partition coefficient (Wildman–Crippen LogP) is 7.92. The van der Waals surface area contributed by atoms with Crippen LogP contribution in [0.1, 0.15) is 25.0 Å². The molecule has 0 radical (unpaired) electrons. The van der Waals surface area contributed by atoms with Crippen LogP contribution >= 0.6 is 0 Å². The van der Waals surface area contributed by atoms with Gasteiger partial charge >= 0.3 is 0 Å². The Morgan fingerprint density at radius 3 is 1.19 bits per heavy atom. The predicted molar refractivity (Wildman–Crippen MR) is 154 cm³/mol. The molecule has 8 rings (SSSR count). The van der Waals surface area contributed by atoms with Gasteiger partial charge in [0.1, 0.15) is 0 Å². The first-order valence-electron chi connectivity index (χ1n) is 12.7. The highest BCUT2D eigenvalue weighted by atomic mass is 16.1. The molecule has 170 valence electrons. The molecule has 2 nitrogen and oxygen atoms in total. The second-order valence-electron chi connectivity index (χ2n) is 10.1. The molecule has 0 N–H and O–H groups in total. The van der Waals surface area contributed by atoms with E-state index in [0.717, 1.165) is 88.2 Å². The quantitative estimate of drug-likeness (QED) is 0.193. The molecule has 0 bridgehead atoms. The summed E-state index contributed by atoms with van der Waals surface area (Å²) in [4.78, 5) is 27.7. The fraction of sp³-hybridized carbons (Fsp3) is 0.118. The molecule has 0 unspecified atom stereocenters. The first-order valence-corrected chi connectivity index (χ1v) is 12.7. The minimum atomic E-state index is 0.0890. The standard InChI is InChI=1S/C34H22O2/c1-3-17-13-25-19-9-5-7-11-21(19)34(36)28-16-24-18(4-2)14-26-20-10-6-8-12-22(20)33(35)27-15-23(17)31(29(25)28)32(24)30(26)27/h5-16H,3-4H2,1-2H3. The molecule has 0 aliphatic rings. The van der Waals surface area contributed by atoms with Crippen molar-refractivity contribution in [1.82, 2.24) is 0 Å². The summed E-state index contributed by atoms with van der Waals surface area (Å²) in [6.45, 7) is 4.34. The van der Waals surface area contributed by atoms with E-state index < -0.39 is 0 Å². The summed E-state index contributed by atoms with van der Waals surface area (Å²) in [5.74, 6) is 0. The van der Waals surface area contributed by atoms with E-state index in [-0.39, 0.29) is 10.9 Å². The average molecular weight is 463 g/mol. The molecular formula is C34H22O2. The molecule has 0 amide bonds. The molecule has 0 atom stereocenters. The fourth-order valence-corrected chi connectivity index (χ4v) is 6.84. The van der Waals surface area contributed by atoms with Gasteiger partial charge in [-0.2, -0.15) is 0 Å². The summed E-state index contributed by atoms with van der Waals surface area (Å²) in [6, 6.07) is 24.7. The fourth-order valence-electron chi connectivity index (χ4n) is 6.84. The van der Waals surface area contributed by atoms with Gasteiger partial charge in [0.15, 0.2) is 10.9 Å². The minimum absolute atomic E-state index is 0.0890. The number of fused-ring (bicyclic) bond motifs is 4. The van der Waals surface area contributed by atoms with Crippen LogP contribution in [0.4, 0.5) is 0 Å². The van der Waals surface area contributed by atoms with Crippen molar-refractivity contribution in [2.24, 2.45) is 0 Å². The Labute approximate surface area is 206 Å². The van der Waals surface area contributed by atoms with Gasteiger partial charge in [0, 0.05) is 32.3 Å². The van der Waals surface area contributed by atoms with E-state index in [2.05, 4.69) is 50.2 Å². The van der Waals surface area contributed by atoms with Crippen molar-refractivity contribution in [2.75, 3.05) is 0 Å². The lowest BCUT2D eigenvalue weighted by Crippen LogP contribution is -2.08. The van der Waals surface area contributed by atoms with Crippen LogP contribution < -0.4 is 10.9 Å². The van der Waals surface area contributed by atoms with Gasteiger partial charge in [-0.3, -0.25) is 9.59 Å². The lowest BCUT2D eigenvalue weighted by Gasteiger charge is -2.21. The number of hydrogen-bond acceptors (Lipinski definition) is 2. The lowest BCUT2D eigenvalue weighted by molar-refractivity contribution is 1.16. The topological polar surface area (TPSA) is 34.1 Å². The molecule has 8 aromatic rings. The van der Waals surface area contributed by atoms with Crippen molar-refractivity contribution in [3.63, 3.8) is 0 Å². The first kappa shape index (κ1) is 19.9. The van der Waals surface area contributed by atoms with Crippen LogP contribution in [0.2, 0.25) is 0 Å². The Morgan fingerprint density at radius 2 is 0.806 bits per heavy atom. The summed E-state index contributed by atoms with van der Waals surface area (Å²) in [5.41, 5.74) is 2.61. The molecule has 0 aromatic heterocycles. The van der Waals surface area contributed by atoms with E-state index >= 15 is 0 Å². The number of aryl methyl sites for hydroxylation is 2. The maximum Gasteiger partial charge on any atom is 0.194 e. The maximum atomic E-state index is 13.9. The van der Waals surface area contributed by atoms with Crippen LogP contribution in [0, 0.1) is 0 Å². The van der Waals surface area contributed by atoms with Crippen LogP contribution in [0.15, 0.2) is 82.4 Å². The summed E-state index contributed by atoms with van der Waals surface area (Å²) < 4.78 is 0. The normalized spacial score (nSPS) is 12.6. The molecule has 0 heterocycles. The highest BCUT2D eigenvalue weighted by Crippen LogP contribution is 2.47. The third kappa shape index (κ3) is 2.19. The molecule has 0 saturated heterocycles. The Morgan fingerprint density at radius 1 is 0.417 bits per heavy atom. The highest BCUT2D eigenvalue weighted by molar-refractivity contribution is 6.41. The molecule has 0 fully saturated rings. The summed E-state index contributed by atoms with van der Waals surface area (Å²) >= 11 is 0. The smallest absolute Gasteiger partial charge is 0.194 e. The molecular weight excluding hydrogens is 440 g/mol. The number of benzene rings is 8. The van der Waals surface area contributed by atoms with E-state index in [1.54, 1.807) is 0 Å². The van der Waals surface area contributed by atoms with E-state index in [0.29, 0.717) is 0 Å². The van der Waals surface area contributed by atoms with Gasteiger partial charge in [0.2, 0.25) is 0 Å². The zero-order valence-corrected chi connectivity index (χ0v) is 20.2. The van der Waals surface area contributed by atoms with Crippen molar-refractivity contribution in [3.8, 4) is 0 Å². The lowest BCUT2D eigenvalue weighted by atomic mass is 9.81. The largest absolute Gasteiger partial charge is 0.289 e. The Hall–Kier alpha value is -4.30.